The van der Waals surface area contributed by atoms with Crippen LogP contribution in [0.2, 0.25) is 0 Å². The molecule has 24 heavy (non-hydrogen) atoms. The van der Waals surface area contributed by atoms with E-state index in [1.54, 1.807) is 30.3 Å². The molecule has 0 aromatic heterocycles. The summed E-state index contributed by atoms with van der Waals surface area (Å²) in [5.41, 5.74) is 0.289. The largest absolute Gasteiger partial charge is 0.478 e. The van der Waals surface area contributed by atoms with Crippen LogP contribution in [0.1, 0.15) is 15.9 Å². The van der Waals surface area contributed by atoms with Gasteiger partial charge in [-0.3, -0.25) is 30.5 Å². The summed E-state index contributed by atoms with van der Waals surface area (Å²) in [5.74, 6) is -1.52. The lowest BCUT2D eigenvalue weighted by Gasteiger charge is -2.09. The fraction of sp³-hybridized carbons (Fsp3) is 0.0714. The molecular formula is C14H11N3O7. The summed E-state index contributed by atoms with van der Waals surface area (Å²) in [6, 6.07) is 10.2. The number of nitrogens with one attached hydrogen (secondary N) is 1. The maximum absolute atomic E-state index is 11.1. The van der Waals surface area contributed by atoms with Crippen LogP contribution in [-0.2, 0) is 11.4 Å². The van der Waals surface area contributed by atoms with Crippen molar-refractivity contribution in [3.8, 4) is 0 Å². The second-order valence-electron chi connectivity index (χ2n) is 4.59. The molecule has 0 aliphatic rings. The Morgan fingerprint density at radius 3 is 2.08 bits per heavy atom. The third-order valence-electron chi connectivity index (χ3n) is 2.99. The molecule has 0 heterocycles. The van der Waals surface area contributed by atoms with Crippen LogP contribution in [0.25, 0.3) is 0 Å². The number of rotatable bonds is 7. The molecule has 0 bridgehead atoms. The summed E-state index contributed by atoms with van der Waals surface area (Å²) < 4.78 is 0. The minimum absolute atomic E-state index is 0.00414. The van der Waals surface area contributed by atoms with Crippen molar-refractivity contribution >= 4 is 23.0 Å². The molecule has 2 rings (SSSR count). The van der Waals surface area contributed by atoms with Crippen molar-refractivity contribution in [3.05, 3.63) is 73.8 Å². The highest BCUT2D eigenvalue weighted by Gasteiger charge is 2.29. The number of benzene rings is 2. The molecule has 2 aromatic rings. The summed E-state index contributed by atoms with van der Waals surface area (Å²) in [7, 11) is 0. The normalized spacial score (nSPS) is 10.2. The maximum atomic E-state index is 11.1. The molecule has 0 amide bonds. The second kappa shape index (κ2) is 7.15. The lowest BCUT2D eigenvalue weighted by atomic mass is 10.1. The predicted molar refractivity (Wildman–Crippen MR) is 81.6 cm³/mol. The highest BCUT2D eigenvalue weighted by molar-refractivity contribution is 5.92. The standard InChI is InChI=1S/C14H11N3O7/c18-14(19)10-6-11(16(20)21)13(12(7-10)17(22)23)15-24-8-9-4-2-1-3-5-9/h1-7,15H,8H2,(H,18,19). The number of carboxylic acid groups (broad SMARTS) is 1. The van der Waals surface area contributed by atoms with Gasteiger partial charge in [-0.05, 0) is 5.56 Å². The Balaban J connectivity index is 2.34. The highest BCUT2D eigenvalue weighted by atomic mass is 16.7. The highest BCUT2D eigenvalue weighted by Crippen LogP contribution is 2.35. The van der Waals surface area contributed by atoms with Crippen molar-refractivity contribution in [1.29, 1.82) is 0 Å². The van der Waals surface area contributed by atoms with Crippen LogP contribution in [0.5, 0.6) is 0 Å². The fourth-order valence-corrected chi connectivity index (χ4v) is 1.89. The summed E-state index contributed by atoms with van der Waals surface area (Å²) in [4.78, 5) is 36.4. The summed E-state index contributed by atoms with van der Waals surface area (Å²) in [6.07, 6.45) is 0. The molecule has 0 spiro atoms. The van der Waals surface area contributed by atoms with Crippen LogP contribution in [-0.4, -0.2) is 20.9 Å². The van der Waals surface area contributed by atoms with Gasteiger partial charge in [0.05, 0.1) is 22.0 Å². The Morgan fingerprint density at radius 1 is 1.08 bits per heavy atom. The maximum Gasteiger partial charge on any atom is 0.336 e. The molecule has 0 radical (unpaired) electrons. The van der Waals surface area contributed by atoms with Gasteiger partial charge in [-0.2, -0.15) is 0 Å². The number of nitro groups is 2. The molecule has 0 aliphatic heterocycles. The average Bonchev–Trinajstić information content (AvgIpc) is 2.55. The van der Waals surface area contributed by atoms with Gasteiger partial charge in [0.2, 0.25) is 5.69 Å². The molecule has 0 unspecified atom stereocenters. The third-order valence-corrected chi connectivity index (χ3v) is 2.99. The molecule has 0 fully saturated rings. The average molecular weight is 333 g/mol. The minimum Gasteiger partial charge on any atom is -0.478 e. The zero-order chi connectivity index (χ0) is 17.7. The molecule has 0 aliphatic carbocycles. The first-order valence-corrected chi connectivity index (χ1v) is 6.52. The first-order valence-electron chi connectivity index (χ1n) is 6.52. The van der Waals surface area contributed by atoms with E-state index in [0.29, 0.717) is 0 Å². The first kappa shape index (κ1) is 16.8. The summed E-state index contributed by atoms with van der Waals surface area (Å²) in [5, 5.41) is 31.1. The van der Waals surface area contributed by atoms with E-state index < -0.39 is 38.4 Å². The smallest absolute Gasteiger partial charge is 0.336 e. The third kappa shape index (κ3) is 3.81. The van der Waals surface area contributed by atoms with E-state index in [1.807, 2.05) is 0 Å². The summed E-state index contributed by atoms with van der Waals surface area (Å²) in [6.45, 7) is -0.00414. The molecule has 0 saturated heterocycles. The first-order chi connectivity index (χ1) is 11.4. The number of aromatic carboxylic acids is 1. The van der Waals surface area contributed by atoms with Crippen LogP contribution in [0, 0.1) is 20.2 Å². The van der Waals surface area contributed by atoms with Crippen molar-refractivity contribution in [2.24, 2.45) is 0 Å². The molecular weight excluding hydrogens is 322 g/mol. The van der Waals surface area contributed by atoms with Crippen molar-refractivity contribution in [3.63, 3.8) is 0 Å². The Bertz CT molecular complexity index is 757. The monoisotopic (exact) mass is 333 g/mol. The Labute approximate surface area is 134 Å². The van der Waals surface area contributed by atoms with E-state index >= 15 is 0 Å². The molecule has 10 nitrogen and oxygen atoms in total. The van der Waals surface area contributed by atoms with E-state index in [1.165, 1.54) is 0 Å². The zero-order valence-corrected chi connectivity index (χ0v) is 12.0. The van der Waals surface area contributed by atoms with Crippen molar-refractivity contribution in [1.82, 2.24) is 0 Å². The van der Waals surface area contributed by atoms with Crippen LogP contribution in [0.4, 0.5) is 17.1 Å². The van der Waals surface area contributed by atoms with E-state index in [4.69, 9.17) is 9.94 Å². The molecule has 0 saturated carbocycles. The van der Waals surface area contributed by atoms with Crippen molar-refractivity contribution in [2.75, 3.05) is 5.48 Å². The Morgan fingerprint density at radius 2 is 1.62 bits per heavy atom. The summed E-state index contributed by atoms with van der Waals surface area (Å²) >= 11 is 0. The second-order valence-corrected chi connectivity index (χ2v) is 4.59. The Kier molecular flexibility index (Phi) is 5.02. The fourth-order valence-electron chi connectivity index (χ4n) is 1.89. The number of nitrogens with zero attached hydrogens (tertiary/aromatic N) is 2. The molecule has 124 valence electrons. The van der Waals surface area contributed by atoms with Crippen LogP contribution in [0.3, 0.4) is 0 Å². The molecule has 2 aromatic carbocycles. The number of hydrogen-bond acceptors (Lipinski definition) is 7. The van der Waals surface area contributed by atoms with Gasteiger partial charge < -0.3 is 5.11 Å². The van der Waals surface area contributed by atoms with Crippen molar-refractivity contribution < 1.29 is 24.6 Å². The quantitative estimate of drug-likeness (QED) is 0.581. The number of anilines is 1. The van der Waals surface area contributed by atoms with E-state index in [2.05, 4.69) is 5.48 Å². The van der Waals surface area contributed by atoms with E-state index in [0.717, 1.165) is 17.7 Å². The SMILES string of the molecule is O=C(O)c1cc([N+](=O)[O-])c(NOCc2ccccc2)c([N+](=O)[O-])c1. The van der Waals surface area contributed by atoms with Gasteiger partial charge in [-0.25, -0.2) is 4.79 Å². The van der Waals surface area contributed by atoms with Crippen LogP contribution >= 0.6 is 0 Å². The van der Waals surface area contributed by atoms with Crippen LogP contribution < -0.4 is 5.48 Å². The van der Waals surface area contributed by atoms with E-state index in [-0.39, 0.29) is 6.61 Å². The van der Waals surface area contributed by atoms with Gasteiger partial charge in [0.25, 0.3) is 0 Å². The van der Waals surface area contributed by atoms with Crippen LogP contribution in [0.15, 0.2) is 42.5 Å². The van der Waals surface area contributed by atoms with Gasteiger partial charge in [0, 0.05) is 12.1 Å². The number of carboxylic acids is 1. The van der Waals surface area contributed by atoms with Gasteiger partial charge in [0.1, 0.15) is 0 Å². The minimum atomic E-state index is -1.52. The van der Waals surface area contributed by atoms with Gasteiger partial charge in [-0.15, -0.1) is 0 Å². The lowest BCUT2D eigenvalue weighted by Crippen LogP contribution is -2.09. The molecule has 0 atom stereocenters. The van der Waals surface area contributed by atoms with E-state index in [9.17, 15) is 25.0 Å². The van der Waals surface area contributed by atoms with Gasteiger partial charge >= 0.3 is 17.3 Å². The number of carbonyl (C=O) groups is 1. The molecule has 10 heteroatoms. The van der Waals surface area contributed by atoms with Crippen molar-refractivity contribution in [2.45, 2.75) is 6.61 Å². The molecule has 2 N–H and O–H groups in total. The topological polar surface area (TPSA) is 145 Å². The number of hydrogen-bond donors (Lipinski definition) is 2. The lowest BCUT2D eigenvalue weighted by molar-refractivity contribution is -0.392. The zero-order valence-electron chi connectivity index (χ0n) is 12.0. The van der Waals surface area contributed by atoms with Gasteiger partial charge in [0.15, 0.2) is 0 Å². The Hall–Kier alpha value is -3.53. The van der Waals surface area contributed by atoms with Gasteiger partial charge in [-0.1, -0.05) is 30.3 Å². The predicted octanol–water partition coefficient (Wildman–Crippen LogP) is 2.74. The number of nitro benzene ring substituents is 2.